The van der Waals surface area contributed by atoms with Crippen molar-refractivity contribution in [1.29, 1.82) is 0 Å². The molecular weight excluding hydrogens is 376 g/mol. The maximum Gasteiger partial charge on any atom is 0.309 e. The van der Waals surface area contributed by atoms with E-state index in [1.165, 1.54) is 5.57 Å². The van der Waals surface area contributed by atoms with Crippen molar-refractivity contribution in [2.75, 3.05) is 0 Å². The van der Waals surface area contributed by atoms with Crippen LogP contribution >= 0.6 is 0 Å². The maximum absolute atomic E-state index is 13.3. The Morgan fingerprint density at radius 3 is 2.43 bits per heavy atom. The first-order valence-corrected chi connectivity index (χ1v) is 12.1. The van der Waals surface area contributed by atoms with Crippen LogP contribution in [0.1, 0.15) is 79.1 Å². The largest absolute Gasteiger partial charge is 0.481 e. The van der Waals surface area contributed by atoms with Crippen LogP contribution in [-0.2, 0) is 14.4 Å². The second-order valence-corrected chi connectivity index (χ2v) is 11.9. The standard InChI is InChI=1S/C26H36O4/c1-14(2)16-13-26-11-8-19-24(3,9-5-10-25(19,4)23(29)30)20(26)12-15(16)21-17(27)6-7-18(28)22(21)26/h13-15,19-22H,5-12H2,1-4H3,(H,29,30)/t15-,19+,20-,21-,22+,24-,25+,26-/m0/s1. The van der Waals surface area contributed by atoms with E-state index >= 15 is 0 Å². The highest BCUT2D eigenvalue weighted by Gasteiger charge is 2.70. The molecule has 0 amide bonds. The molecule has 0 unspecified atom stereocenters. The molecule has 4 saturated carbocycles. The molecule has 6 aliphatic rings. The van der Waals surface area contributed by atoms with Gasteiger partial charge in [-0.15, -0.1) is 0 Å². The van der Waals surface area contributed by atoms with Gasteiger partial charge in [0.1, 0.15) is 11.6 Å². The van der Waals surface area contributed by atoms with Crippen molar-refractivity contribution < 1.29 is 19.5 Å². The zero-order valence-corrected chi connectivity index (χ0v) is 18.9. The lowest BCUT2D eigenvalue weighted by Crippen LogP contribution is -2.67. The Bertz CT molecular complexity index is 855. The highest BCUT2D eigenvalue weighted by Crippen LogP contribution is 2.74. The molecule has 0 aliphatic heterocycles. The van der Waals surface area contributed by atoms with Crippen molar-refractivity contribution in [3.63, 3.8) is 0 Å². The third-order valence-electron chi connectivity index (χ3n) is 10.5. The number of hydrogen-bond acceptors (Lipinski definition) is 3. The summed E-state index contributed by atoms with van der Waals surface area (Å²) in [5.74, 6) is 0.677. The number of carboxylic acid groups (broad SMARTS) is 1. The van der Waals surface area contributed by atoms with Gasteiger partial charge in [-0.2, -0.15) is 0 Å². The zero-order chi connectivity index (χ0) is 21.6. The average molecular weight is 413 g/mol. The third-order valence-corrected chi connectivity index (χ3v) is 10.5. The first-order valence-electron chi connectivity index (χ1n) is 12.1. The number of carbonyl (C=O) groups is 3. The Balaban J connectivity index is 1.67. The van der Waals surface area contributed by atoms with Crippen LogP contribution in [0.2, 0.25) is 0 Å². The molecule has 0 aromatic heterocycles. The fourth-order valence-corrected chi connectivity index (χ4v) is 9.34. The predicted octanol–water partition coefficient (Wildman–Crippen LogP) is 5.06. The van der Waals surface area contributed by atoms with Gasteiger partial charge in [0.05, 0.1) is 5.41 Å². The Labute approximate surface area is 179 Å². The lowest BCUT2D eigenvalue weighted by Gasteiger charge is -2.70. The highest BCUT2D eigenvalue weighted by molar-refractivity contribution is 5.98. The average Bonchev–Trinajstić information content (AvgIpc) is 2.69. The Kier molecular flexibility index (Phi) is 4.29. The van der Waals surface area contributed by atoms with Crippen molar-refractivity contribution >= 4 is 17.5 Å². The van der Waals surface area contributed by atoms with E-state index < -0.39 is 11.4 Å². The summed E-state index contributed by atoms with van der Waals surface area (Å²) in [6.07, 6.45) is 8.70. The van der Waals surface area contributed by atoms with Crippen LogP contribution in [0.3, 0.4) is 0 Å². The lowest BCUT2D eigenvalue weighted by molar-refractivity contribution is -0.200. The van der Waals surface area contributed by atoms with E-state index in [0.29, 0.717) is 36.2 Å². The summed E-state index contributed by atoms with van der Waals surface area (Å²) in [7, 11) is 0. The first-order chi connectivity index (χ1) is 14.1. The molecule has 1 N–H and O–H groups in total. The number of rotatable bonds is 2. The molecule has 4 fully saturated rings. The number of allylic oxidation sites excluding steroid dienone is 2. The molecule has 4 nitrogen and oxygen atoms in total. The molecular formula is C26H36O4. The summed E-state index contributed by atoms with van der Waals surface area (Å²) in [5.41, 5.74) is 0.400. The minimum absolute atomic E-state index is 0.0767. The minimum Gasteiger partial charge on any atom is -0.481 e. The van der Waals surface area contributed by atoms with E-state index in [1.807, 2.05) is 6.92 Å². The van der Waals surface area contributed by atoms with Gasteiger partial charge in [-0.05, 0) is 68.1 Å². The molecule has 1 spiro atoms. The number of fused-ring (bicyclic) bond motifs is 1. The minimum atomic E-state index is -0.679. The number of carbonyl (C=O) groups excluding carboxylic acids is 2. The molecule has 0 radical (unpaired) electrons. The van der Waals surface area contributed by atoms with Gasteiger partial charge in [-0.1, -0.05) is 38.8 Å². The zero-order valence-electron chi connectivity index (χ0n) is 18.9. The van der Waals surface area contributed by atoms with Gasteiger partial charge in [-0.3, -0.25) is 14.4 Å². The Hall–Kier alpha value is -1.45. The molecule has 0 heterocycles. The smallest absolute Gasteiger partial charge is 0.309 e. The predicted molar refractivity (Wildman–Crippen MR) is 114 cm³/mol. The summed E-state index contributed by atoms with van der Waals surface area (Å²) in [4.78, 5) is 38.8. The second-order valence-electron chi connectivity index (χ2n) is 11.9. The van der Waals surface area contributed by atoms with Crippen molar-refractivity contribution in [2.45, 2.75) is 79.1 Å². The number of hydrogen-bond donors (Lipinski definition) is 1. The van der Waals surface area contributed by atoms with E-state index in [-0.39, 0.29) is 34.5 Å². The van der Waals surface area contributed by atoms with Crippen LogP contribution in [0.5, 0.6) is 0 Å². The van der Waals surface area contributed by atoms with Crippen LogP contribution in [0.25, 0.3) is 0 Å². The van der Waals surface area contributed by atoms with Gasteiger partial charge >= 0.3 is 5.97 Å². The summed E-state index contributed by atoms with van der Waals surface area (Å²) >= 11 is 0. The lowest BCUT2D eigenvalue weighted by atomic mass is 9.33. The van der Waals surface area contributed by atoms with E-state index in [9.17, 15) is 19.5 Å². The van der Waals surface area contributed by atoms with E-state index in [0.717, 1.165) is 38.5 Å². The number of ketones is 2. The monoisotopic (exact) mass is 412 g/mol. The van der Waals surface area contributed by atoms with Crippen LogP contribution in [0.15, 0.2) is 11.6 Å². The van der Waals surface area contributed by atoms with Crippen LogP contribution in [0.4, 0.5) is 0 Å². The molecule has 6 aliphatic carbocycles. The molecule has 0 aromatic rings. The summed E-state index contributed by atoms with van der Waals surface area (Å²) in [6.45, 7) is 8.73. The highest BCUT2D eigenvalue weighted by atomic mass is 16.4. The van der Waals surface area contributed by atoms with E-state index in [2.05, 4.69) is 26.8 Å². The normalized spacial score (nSPS) is 49.9. The van der Waals surface area contributed by atoms with E-state index in [1.54, 1.807) is 0 Å². The first kappa shape index (κ1) is 20.5. The van der Waals surface area contributed by atoms with Gasteiger partial charge in [0.2, 0.25) is 0 Å². The summed E-state index contributed by atoms with van der Waals surface area (Å²) in [5, 5.41) is 10.1. The topological polar surface area (TPSA) is 71.4 Å². The van der Waals surface area contributed by atoms with E-state index in [4.69, 9.17) is 0 Å². The van der Waals surface area contributed by atoms with Gasteiger partial charge in [-0.25, -0.2) is 0 Å². The molecule has 2 bridgehead atoms. The molecule has 30 heavy (non-hydrogen) atoms. The summed E-state index contributed by atoms with van der Waals surface area (Å²) in [6, 6.07) is 0. The fraction of sp³-hybridized carbons (Fsp3) is 0.808. The van der Waals surface area contributed by atoms with Crippen LogP contribution in [0, 0.1) is 51.8 Å². The molecule has 0 saturated heterocycles. The SMILES string of the molecule is CC(C)C1=C[C@@]23CC[C@@H]4[C@](C)(CCC[C@@]4(C)C(=O)O)[C@@H]2C[C@@H]1[C@H]1C(=O)CCC(=O)[C@H]13. The molecule has 164 valence electrons. The Morgan fingerprint density at radius 2 is 1.77 bits per heavy atom. The molecule has 6 rings (SSSR count). The quantitative estimate of drug-likeness (QED) is 0.644. The third kappa shape index (κ3) is 2.31. The number of aliphatic carboxylic acids is 1. The molecule has 4 heteroatoms. The van der Waals surface area contributed by atoms with Crippen LogP contribution < -0.4 is 0 Å². The van der Waals surface area contributed by atoms with Gasteiger partial charge in [0.15, 0.2) is 0 Å². The van der Waals surface area contributed by atoms with Crippen molar-refractivity contribution in [3.8, 4) is 0 Å². The number of carboxylic acids is 1. The number of Topliss-reactive ketones (excluding diaryl/α,β-unsaturated/α-hetero) is 2. The van der Waals surface area contributed by atoms with Gasteiger partial charge in [0.25, 0.3) is 0 Å². The molecule has 8 atom stereocenters. The second kappa shape index (κ2) is 6.29. The van der Waals surface area contributed by atoms with Crippen LogP contribution in [-0.4, -0.2) is 22.6 Å². The fourth-order valence-electron chi connectivity index (χ4n) is 9.34. The van der Waals surface area contributed by atoms with Gasteiger partial charge in [0, 0.05) is 30.1 Å². The van der Waals surface area contributed by atoms with Crippen molar-refractivity contribution in [1.82, 2.24) is 0 Å². The van der Waals surface area contributed by atoms with Gasteiger partial charge < -0.3 is 5.11 Å². The Morgan fingerprint density at radius 1 is 1.07 bits per heavy atom. The molecule has 0 aromatic carbocycles. The van der Waals surface area contributed by atoms with Crippen molar-refractivity contribution in [2.24, 2.45) is 51.8 Å². The summed E-state index contributed by atoms with van der Waals surface area (Å²) < 4.78 is 0. The maximum atomic E-state index is 13.3. The van der Waals surface area contributed by atoms with Crippen molar-refractivity contribution in [3.05, 3.63) is 11.6 Å².